The van der Waals surface area contributed by atoms with Crippen LogP contribution in [0.25, 0.3) is 95.0 Å². The molecule has 2 heterocycles. The molecular formula is C51H34N4. The summed E-state index contributed by atoms with van der Waals surface area (Å²) >= 11 is 0. The minimum Gasteiger partial charge on any atom is -0.278 e. The summed E-state index contributed by atoms with van der Waals surface area (Å²) < 4.78 is 2.22. The smallest absolute Gasteiger partial charge is 0.238 e. The fraction of sp³-hybridized carbons (Fsp3) is 0. The quantitative estimate of drug-likeness (QED) is 0.166. The molecule has 258 valence electrons. The molecule has 0 bridgehead atoms. The maximum Gasteiger partial charge on any atom is 0.238 e. The monoisotopic (exact) mass is 702 g/mol. The molecular weight excluding hydrogens is 669 g/mol. The average Bonchev–Trinajstić information content (AvgIpc) is 3.61. The van der Waals surface area contributed by atoms with Gasteiger partial charge in [0.2, 0.25) is 5.95 Å². The Morgan fingerprint density at radius 3 is 1.29 bits per heavy atom. The van der Waals surface area contributed by atoms with Crippen LogP contribution in [-0.4, -0.2) is 19.5 Å². The summed E-state index contributed by atoms with van der Waals surface area (Å²) in [7, 11) is 0. The third-order valence-corrected chi connectivity index (χ3v) is 10.2. The first-order chi connectivity index (χ1) is 27.3. The molecule has 55 heavy (non-hydrogen) atoms. The van der Waals surface area contributed by atoms with Gasteiger partial charge in [0.25, 0.3) is 0 Å². The molecule has 0 spiro atoms. The van der Waals surface area contributed by atoms with Crippen molar-refractivity contribution < 1.29 is 0 Å². The van der Waals surface area contributed by atoms with Gasteiger partial charge in [0.05, 0.1) is 11.0 Å². The first-order valence-corrected chi connectivity index (χ1v) is 18.5. The third-order valence-electron chi connectivity index (χ3n) is 10.2. The second-order valence-electron chi connectivity index (χ2n) is 13.7. The standard InChI is InChI=1S/C51H34N4/c1-5-17-35(18-6-1)39-25-15-26-40(31-39)41-27-16-28-42(32-41)43-33-45(36-19-7-2-8-20-36)48-44-29-13-14-30-46(44)55(47(48)34-43)51-53-49(37-21-9-3-10-22-37)52-50(54-51)38-23-11-4-12-24-38/h1-34H. The van der Waals surface area contributed by atoms with E-state index in [0.717, 1.165) is 60.8 Å². The molecule has 10 aromatic rings. The van der Waals surface area contributed by atoms with Crippen molar-refractivity contribution in [1.29, 1.82) is 0 Å². The second-order valence-corrected chi connectivity index (χ2v) is 13.7. The summed E-state index contributed by atoms with van der Waals surface area (Å²) in [5.74, 6) is 1.82. The molecule has 0 amide bonds. The van der Waals surface area contributed by atoms with Gasteiger partial charge in [0.1, 0.15) is 0 Å². The maximum atomic E-state index is 5.20. The zero-order valence-electron chi connectivity index (χ0n) is 29.9. The van der Waals surface area contributed by atoms with E-state index < -0.39 is 0 Å². The van der Waals surface area contributed by atoms with Gasteiger partial charge >= 0.3 is 0 Å². The Labute approximate surface area is 319 Å². The van der Waals surface area contributed by atoms with Crippen LogP contribution in [0.15, 0.2) is 206 Å². The van der Waals surface area contributed by atoms with Crippen molar-refractivity contribution in [3.8, 4) is 73.2 Å². The summed E-state index contributed by atoms with van der Waals surface area (Å²) in [6.07, 6.45) is 0. The lowest BCUT2D eigenvalue weighted by molar-refractivity contribution is 0.953. The third kappa shape index (κ3) is 6.06. The van der Waals surface area contributed by atoms with Gasteiger partial charge in [-0.25, -0.2) is 4.98 Å². The van der Waals surface area contributed by atoms with Gasteiger partial charge in [-0.05, 0) is 74.8 Å². The van der Waals surface area contributed by atoms with Gasteiger partial charge in [-0.3, -0.25) is 4.57 Å². The molecule has 0 aliphatic carbocycles. The molecule has 4 heteroatoms. The first kappa shape index (κ1) is 32.2. The summed E-state index contributed by atoms with van der Waals surface area (Å²) in [4.78, 5) is 15.4. The lowest BCUT2D eigenvalue weighted by atomic mass is 9.92. The Hall–Kier alpha value is -7.43. The van der Waals surface area contributed by atoms with Crippen LogP contribution in [0.5, 0.6) is 0 Å². The Kier molecular flexibility index (Phi) is 8.12. The Balaban J connectivity index is 1.23. The van der Waals surface area contributed by atoms with Crippen molar-refractivity contribution in [2.45, 2.75) is 0 Å². The summed E-state index contributed by atoms with van der Waals surface area (Å²) in [5, 5.41) is 2.29. The molecule has 0 unspecified atom stereocenters. The highest BCUT2D eigenvalue weighted by Crippen LogP contribution is 2.42. The molecule has 2 aromatic heterocycles. The largest absolute Gasteiger partial charge is 0.278 e. The van der Waals surface area contributed by atoms with Crippen LogP contribution in [0, 0.1) is 0 Å². The van der Waals surface area contributed by atoms with Crippen LogP contribution in [0.4, 0.5) is 0 Å². The van der Waals surface area contributed by atoms with E-state index in [9.17, 15) is 0 Å². The highest BCUT2D eigenvalue weighted by molar-refractivity contribution is 6.16. The molecule has 0 saturated carbocycles. The molecule has 0 aliphatic rings. The molecule has 0 saturated heterocycles. The van der Waals surface area contributed by atoms with Crippen LogP contribution in [0.1, 0.15) is 0 Å². The molecule has 4 nitrogen and oxygen atoms in total. The molecule has 0 atom stereocenters. The fourth-order valence-electron chi connectivity index (χ4n) is 7.61. The Bertz CT molecular complexity index is 2900. The second kappa shape index (κ2) is 13.8. The predicted octanol–water partition coefficient (Wildman–Crippen LogP) is 13.0. The van der Waals surface area contributed by atoms with Crippen LogP contribution in [-0.2, 0) is 0 Å². The van der Waals surface area contributed by atoms with E-state index in [1.807, 2.05) is 60.7 Å². The van der Waals surface area contributed by atoms with Crippen molar-refractivity contribution in [3.05, 3.63) is 206 Å². The van der Waals surface area contributed by atoms with E-state index in [1.165, 1.54) is 16.7 Å². The van der Waals surface area contributed by atoms with Gasteiger partial charge in [-0.1, -0.05) is 176 Å². The normalized spacial score (nSPS) is 11.3. The topological polar surface area (TPSA) is 43.6 Å². The highest BCUT2D eigenvalue weighted by Gasteiger charge is 2.21. The van der Waals surface area contributed by atoms with E-state index in [1.54, 1.807) is 0 Å². The average molecular weight is 703 g/mol. The zero-order valence-corrected chi connectivity index (χ0v) is 29.9. The SMILES string of the molecule is c1ccc(-c2cccc(-c3cccc(-c4cc(-c5ccccc5)c5c6ccccc6n(-c6nc(-c7ccccc7)nc(-c7ccccc7)n6)c5c4)c3)c2)cc1. The van der Waals surface area contributed by atoms with Gasteiger partial charge in [0.15, 0.2) is 11.6 Å². The molecule has 10 rings (SSSR count). The molecule has 0 aliphatic heterocycles. The molecule has 0 radical (unpaired) electrons. The lowest BCUT2D eigenvalue weighted by Gasteiger charge is -2.14. The van der Waals surface area contributed by atoms with Gasteiger partial charge in [-0.15, -0.1) is 0 Å². The zero-order chi connectivity index (χ0) is 36.6. The first-order valence-electron chi connectivity index (χ1n) is 18.5. The highest BCUT2D eigenvalue weighted by atomic mass is 15.2. The number of hydrogen-bond acceptors (Lipinski definition) is 3. The Morgan fingerprint density at radius 2 is 0.727 bits per heavy atom. The van der Waals surface area contributed by atoms with Crippen molar-refractivity contribution in [2.24, 2.45) is 0 Å². The van der Waals surface area contributed by atoms with E-state index in [4.69, 9.17) is 15.0 Å². The molecule has 0 fully saturated rings. The van der Waals surface area contributed by atoms with Crippen molar-refractivity contribution >= 4 is 21.8 Å². The molecule has 8 aromatic carbocycles. The number of hydrogen-bond donors (Lipinski definition) is 0. The van der Waals surface area contributed by atoms with Crippen molar-refractivity contribution in [3.63, 3.8) is 0 Å². The van der Waals surface area contributed by atoms with Crippen molar-refractivity contribution in [1.82, 2.24) is 19.5 Å². The van der Waals surface area contributed by atoms with Crippen molar-refractivity contribution in [2.75, 3.05) is 0 Å². The number of benzene rings is 8. The van der Waals surface area contributed by atoms with Gasteiger partial charge < -0.3 is 0 Å². The number of rotatable bonds is 7. The Morgan fingerprint density at radius 1 is 0.291 bits per heavy atom. The molecule has 0 N–H and O–H groups in total. The summed E-state index contributed by atoms with van der Waals surface area (Å²) in [5.41, 5.74) is 13.2. The van der Waals surface area contributed by atoms with Crippen LogP contribution < -0.4 is 0 Å². The van der Waals surface area contributed by atoms with Gasteiger partial charge in [-0.2, -0.15) is 9.97 Å². The van der Waals surface area contributed by atoms with E-state index >= 15 is 0 Å². The predicted molar refractivity (Wildman–Crippen MR) is 227 cm³/mol. The lowest BCUT2D eigenvalue weighted by Crippen LogP contribution is -2.06. The number of para-hydroxylation sites is 1. The minimum absolute atomic E-state index is 0.571. The number of aromatic nitrogens is 4. The minimum atomic E-state index is 0.571. The van der Waals surface area contributed by atoms with Crippen LogP contribution in [0.3, 0.4) is 0 Å². The van der Waals surface area contributed by atoms with E-state index in [2.05, 4.69) is 150 Å². The number of nitrogens with zero attached hydrogens (tertiary/aromatic N) is 4. The summed E-state index contributed by atoms with van der Waals surface area (Å²) in [6, 6.07) is 72.4. The number of fused-ring (bicyclic) bond motifs is 3. The van der Waals surface area contributed by atoms with Crippen LogP contribution >= 0.6 is 0 Å². The van der Waals surface area contributed by atoms with E-state index in [-0.39, 0.29) is 0 Å². The summed E-state index contributed by atoms with van der Waals surface area (Å²) in [6.45, 7) is 0. The van der Waals surface area contributed by atoms with Crippen LogP contribution in [0.2, 0.25) is 0 Å². The van der Waals surface area contributed by atoms with Gasteiger partial charge in [0, 0.05) is 21.9 Å². The maximum absolute atomic E-state index is 5.20. The fourth-order valence-corrected chi connectivity index (χ4v) is 7.61. The van der Waals surface area contributed by atoms with E-state index in [0.29, 0.717) is 17.6 Å².